The van der Waals surface area contributed by atoms with Crippen molar-refractivity contribution in [3.05, 3.63) is 35.9 Å². The Labute approximate surface area is 94.9 Å². The van der Waals surface area contributed by atoms with Crippen LogP contribution in [0.2, 0.25) is 0 Å². The van der Waals surface area contributed by atoms with Crippen LogP contribution in [0.3, 0.4) is 0 Å². The lowest BCUT2D eigenvalue weighted by Gasteiger charge is -2.05. The van der Waals surface area contributed by atoms with Gasteiger partial charge in [-0.3, -0.25) is 9.36 Å². The summed E-state index contributed by atoms with van der Waals surface area (Å²) in [5.74, 6) is 0. The topological polar surface area (TPSA) is 61.7 Å². The molecule has 0 saturated carbocycles. The molecule has 0 aliphatic rings. The van der Waals surface area contributed by atoms with E-state index in [1.807, 2.05) is 36.4 Å². The molecular formula is C11H17N5. The molecule has 0 aliphatic carbocycles. The maximum Gasteiger partial charge on any atom is 0.0838 e. The summed E-state index contributed by atoms with van der Waals surface area (Å²) in [7, 11) is 1.89. The molecule has 1 unspecified atom stereocenters. The van der Waals surface area contributed by atoms with Gasteiger partial charge in [0.25, 0.3) is 0 Å². The Balaban J connectivity index is 2.17. The molecule has 0 fully saturated rings. The first-order valence-corrected chi connectivity index (χ1v) is 5.48. The second kappa shape index (κ2) is 4.49. The first kappa shape index (κ1) is 10.9. The predicted octanol–water partition coefficient (Wildman–Crippen LogP) is 1.07. The van der Waals surface area contributed by atoms with Crippen molar-refractivity contribution < 1.29 is 0 Å². The molecule has 2 N–H and O–H groups in total. The largest absolute Gasteiger partial charge is 0.319 e. The van der Waals surface area contributed by atoms with Crippen LogP contribution in [-0.4, -0.2) is 19.6 Å². The fourth-order valence-corrected chi connectivity index (χ4v) is 1.66. The second-order valence-electron chi connectivity index (χ2n) is 3.93. The van der Waals surface area contributed by atoms with Crippen molar-refractivity contribution >= 4 is 0 Å². The third-order valence-electron chi connectivity index (χ3n) is 2.52. The van der Waals surface area contributed by atoms with E-state index in [1.165, 1.54) is 0 Å². The highest BCUT2D eigenvalue weighted by atomic mass is 15.3. The van der Waals surface area contributed by atoms with Crippen molar-refractivity contribution in [1.82, 2.24) is 19.6 Å². The van der Waals surface area contributed by atoms with Crippen LogP contribution in [0, 0.1) is 0 Å². The van der Waals surface area contributed by atoms with Gasteiger partial charge in [0.15, 0.2) is 0 Å². The van der Waals surface area contributed by atoms with Crippen LogP contribution in [-0.2, 0) is 13.6 Å². The molecule has 86 valence electrons. The Morgan fingerprint density at radius 1 is 1.50 bits per heavy atom. The number of hydrogen-bond donors (Lipinski definition) is 1. The number of aromatic nitrogens is 4. The summed E-state index contributed by atoms with van der Waals surface area (Å²) in [6.45, 7) is 3.05. The van der Waals surface area contributed by atoms with Crippen LogP contribution >= 0.6 is 0 Å². The molecular weight excluding hydrogens is 202 g/mol. The van der Waals surface area contributed by atoms with Gasteiger partial charge in [-0.05, 0) is 12.5 Å². The molecule has 0 aliphatic heterocycles. The maximum atomic E-state index is 6.11. The lowest BCUT2D eigenvalue weighted by atomic mass is 10.1. The SMILES string of the molecule is CCCn1cc(C(N)c2ccn(C)n2)cn1. The van der Waals surface area contributed by atoms with Crippen LogP contribution in [0.15, 0.2) is 24.7 Å². The molecule has 0 aromatic carbocycles. The Hall–Kier alpha value is -1.62. The smallest absolute Gasteiger partial charge is 0.0838 e. The minimum atomic E-state index is -0.188. The minimum Gasteiger partial charge on any atom is -0.319 e. The quantitative estimate of drug-likeness (QED) is 0.836. The molecule has 0 bridgehead atoms. The molecule has 2 aromatic rings. The summed E-state index contributed by atoms with van der Waals surface area (Å²) in [4.78, 5) is 0. The summed E-state index contributed by atoms with van der Waals surface area (Å²) in [6.07, 6.45) is 6.77. The van der Waals surface area contributed by atoms with E-state index >= 15 is 0 Å². The van der Waals surface area contributed by atoms with Crippen LogP contribution in [0.4, 0.5) is 0 Å². The Morgan fingerprint density at radius 3 is 2.94 bits per heavy atom. The number of nitrogens with zero attached hydrogens (tertiary/aromatic N) is 4. The zero-order valence-corrected chi connectivity index (χ0v) is 9.67. The fraction of sp³-hybridized carbons (Fsp3) is 0.455. The zero-order chi connectivity index (χ0) is 11.5. The van der Waals surface area contributed by atoms with Gasteiger partial charge in [-0.1, -0.05) is 6.92 Å². The van der Waals surface area contributed by atoms with Crippen LogP contribution < -0.4 is 5.73 Å². The van der Waals surface area contributed by atoms with Gasteiger partial charge in [-0.15, -0.1) is 0 Å². The average Bonchev–Trinajstić information content (AvgIpc) is 2.87. The summed E-state index contributed by atoms with van der Waals surface area (Å²) < 4.78 is 3.67. The third-order valence-corrected chi connectivity index (χ3v) is 2.52. The van der Waals surface area contributed by atoms with Crippen molar-refractivity contribution in [1.29, 1.82) is 0 Å². The summed E-state index contributed by atoms with van der Waals surface area (Å²) in [5.41, 5.74) is 7.99. The van der Waals surface area contributed by atoms with Crippen LogP contribution in [0.25, 0.3) is 0 Å². The van der Waals surface area contributed by atoms with Gasteiger partial charge in [-0.2, -0.15) is 10.2 Å². The molecule has 1 atom stereocenters. The van der Waals surface area contributed by atoms with E-state index in [-0.39, 0.29) is 6.04 Å². The van der Waals surface area contributed by atoms with E-state index in [4.69, 9.17) is 5.73 Å². The number of aryl methyl sites for hydroxylation is 2. The van der Waals surface area contributed by atoms with Crippen molar-refractivity contribution in [2.45, 2.75) is 25.9 Å². The molecule has 16 heavy (non-hydrogen) atoms. The number of hydrogen-bond acceptors (Lipinski definition) is 3. The van der Waals surface area contributed by atoms with E-state index in [0.29, 0.717) is 0 Å². The Morgan fingerprint density at radius 2 is 2.31 bits per heavy atom. The molecule has 2 rings (SSSR count). The van der Waals surface area contributed by atoms with Gasteiger partial charge in [0.2, 0.25) is 0 Å². The highest BCUT2D eigenvalue weighted by molar-refractivity contribution is 5.21. The standard InChI is InChI=1S/C11H17N5/c1-3-5-16-8-9(7-13-16)11(12)10-4-6-15(2)14-10/h4,6-8,11H,3,5,12H2,1-2H3. The molecule has 2 aromatic heterocycles. The van der Waals surface area contributed by atoms with Gasteiger partial charge in [0, 0.05) is 31.5 Å². The van der Waals surface area contributed by atoms with Crippen LogP contribution in [0.1, 0.15) is 30.6 Å². The van der Waals surface area contributed by atoms with Gasteiger partial charge in [0.1, 0.15) is 0 Å². The van der Waals surface area contributed by atoms with Crippen LogP contribution in [0.5, 0.6) is 0 Å². The lowest BCUT2D eigenvalue weighted by Crippen LogP contribution is -2.12. The van der Waals surface area contributed by atoms with E-state index in [9.17, 15) is 0 Å². The highest BCUT2D eigenvalue weighted by Gasteiger charge is 2.13. The summed E-state index contributed by atoms with van der Waals surface area (Å²) >= 11 is 0. The number of nitrogens with two attached hydrogens (primary N) is 1. The molecule has 5 heteroatoms. The molecule has 0 saturated heterocycles. The average molecular weight is 219 g/mol. The van der Waals surface area contributed by atoms with Crippen molar-refractivity contribution in [3.8, 4) is 0 Å². The first-order valence-electron chi connectivity index (χ1n) is 5.48. The minimum absolute atomic E-state index is 0.188. The van der Waals surface area contributed by atoms with E-state index in [0.717, 1.165) is 24.2 Å². The summed E-state index contributed by atoms with van der Waals surface area (Å²) in [5, 5.41) is 8.56. The highest BCUT2D eigenvalue weighted by Crippen LogP contribution is 2.16. The van der Waals surface area contributed by atoms with Gasteiger partial charge in [-0.25, -0.2) is 0 Å². The number of rotatable bonds is 4. The second-order valence-corrected chi connectivity index (χ2v) is 3.93. The maximum absolute atomic E-state index is 6.11. The van der Waals surface area contributed by atoms with E-state index < -0.39 is 0 Å². The monoisotopic (exact) mass is 219 g/mol. The first-order chi connectivity index (χ1) is 7.70. The van der Waals surface area contributed by atoms with Crippen molar-refractivity contribution in [2.24, 2.45) is 12.8 Å². The van der Waals surface area contributed by atoms with E-state index in [1.54, 1.807) is 4.68 Å². The molecule has 5 nitrogen and oxygen atoms in total. The Bertz CT molecular complexity index is 456. The van der Waals surface area contributed by atoms with Gasteiger partial charge >= 0.3 is 0 Å². The predicted molar refractivity (Wildman–Crippen MR) is 61.8 cm³/mol. The molecule has 0 amide bonds. The van der Waals surface area contributed by atoms with Gasteiger partial charge in [0.05, 0.1) is 17.9 Å². The molecule has 0 spiro atoms. The third kappa shape index (κ3) is 2.14. The fourth-order valence-electron chi connectivity index (χ4n) is 1.66. The lowest BCUT2D eigenvalue weighted by molar-refractivity contribution is 0.601. The molecule has 0 radical (unpaired) electrons. The summed E-state index contributed by atoms with van der Waals surface area (Å²) in [6, 6.07) is 1.74. The molecule has 2 heterocycles. The van der Waals surface area contributed by atoms with E-state index in [2.05, 4.69) is 17.1 Å². The Kier molecular flexibility index (Phi) is 3.05. The van der Waals surface area contributed by atoms with Crippen molar-refractivity contribution in [3.63, 3.8) is 0 Å². The van der Waals surface area contributed by atoms with Gasteiger partial charge < -0.3 is 5.73 Å². The van der Waals surface area contributed by atoms with Crippen molar-refractivity contribution in [2.75, 3.05) is 0 Å². The normalized spacial score (nSPS) is 12.9. The zero-order valence-electron chi connectivity index (χ0n) is 9.67.